The maximum absolute atomic E-state index is 12.9. The topological polar surface area (TPSA) is 90.5 Å². The average molecular weight is 465 g/mol. The fourth-order valence-corrected chi connectivity index (χ4v) is 4.29. The molecule has 0 radical (unpaired) electrons. The third kappa shape index (κ3) is 6.94. The van der Waals surface area contributed by atoms with Crippen LogP contribution in [0.2, 0.25) is 0 Å². The minimum absolute atomic E-state index is 0. The molecule has 32 heavy (non-hydrogen) atoms. The number of amides is 3. The summed E-state index contributed by atoms with van der Waals surface area (Å²) in [5.41, 5.74) is 2.20. The summed E-state index contributed by atoms with van der Waals surface area (Å²) < 4.78 is 0. The highest BCUT2D eigenvalue weighted by atomic mass is 35.5. The van der Waals surface area contributed by atoms with Crippen molar-refractivity contribution in [1.82, 2.24) is 20.9 Å². The van der Waals surface area contributed by atoms with Gasteiger partial charge < -0.3 is 20.9 Å². The number of hydrogen-bond donors (Lipinski definition) is 3. The molecular weight excluding hydrogens is 428 g/mol. The van der Waals surface area contributed by atoms with E-state index in [0.717, 1.165) is 24.9 Å². The number of carbonyl (C=O) groups excluding carboxylic acids is 3. The minimum Gasteiger partial charge on any atom is -0.350 e. The number of likely N-dealkylation sites (tertiary alicyclic amines) is 1. The number of rotatable bonds is 7. The lowest BCUT2D eigenvalue weighted by Gasteiger charge is -2.34. The second-order valence-corrected chi connectivity index (χ2v) is 9.18. The van der Waals surface area contributed by atoms with Gasteiger partial charge in [-0.05, 0) is 50.6 Å². The number of nitrogens with one attached hydrogen (secondary N) is 3. The molecule has 0 aromatic heterocycles. The maximum atomic E-state index is 12.9. The zero-order chi connectivity index (χ0) is 22.4. The molecule has 3 amide bonds. The van der Waals surface area contributed by atoms with Crippen LogP contribution in [0.5, 0.6) is 0 Å². The number of piperidine rings is 1. The van der Waals surface area contributed by atoms with Crippen molar-refractivity contribution in [2.24, 2.45) is 11.8 Å². The van der Waals surface area contributed by atoms with E-state index in [0.29, 0.717) is 32.5 Å². The number of benzene rings is 1. The van der Waals surface area contributed by atoms with Crippen molar-refractivity contribution in [2.45, 2.75) is 65.1 Å². The van der Waals surface area contributed by atoms with Crippen molar-refractivity contribution < 1.29 is 14.4 Å². The lowest BCUT2D eigenvalue weighted by atomic mass is 9.94. The van der Waals surface area contributed by atoms with Crippen LogP contribution in [0, 0.1) is 18.8 Å². The Balaban J connectivity index is 0.00000363. The Morgan fingerprint density at radius 2 is 1.75 bits per heavy atom. The van der Waals surface area contributed by atoms with E-state index in [1.165, 1.54) is 5.56 Å². The Bertz CT molecular complexity index is 770. The molecule has 0 saturated carbocycles. The molecule has 0 aliphatic carbocycles. The van der Waals surface area contributed by atoms with Crippen molar-refractivity contribution in [1.29, 1.82) is 0 Å². The quantitative estimate of drug-likeness (QED) is 0.576. The first kappa shape index (κ1) is 26.1. The van der Waals surface area contributed by atoms with Crippen LogP contribution in [0.1, 0.15) is 50.7 Å². The molecular formula is C24H37ClN4O3. The number of halogens is 1. The van der Waals surface area contributed by atoms with E-state index in [9.17, 15) is 14.4 Å². The molecule has 2 fully saturated rings. The van der Waals surface area contributed by atoms with Gasteiger partial charge in [-0.15, -0.1) is 12.4 Å². The predicted molar refractivity (Wildman–Crippen MR) is 127 cm³/mol. The molecule has 1 aromatic rings. The van der Waals surface area contributed by atoms with Crippen LogP contribution in [-0.4, -0.2) is 54.3 Å². The summed E-state index contributed by atoms with van der Waals surface area (Å²) in [5.74, 6) is -0.269. The summed E-state index contributed by atoms with van der Waals surface area (Å²) in [7, 11) is 0. The highest BCUT2D eigenvalue weighted by molar-refractivity contribution is 5.89. The molecule has 178 valence electrons. The summed E-state index contributed by atoms with van der Waals surface area (Å²) in [6.45, 7) is 8.44. The largest absolute Gasteiger partial charge is 0.350 e. The summed E-state index contributed by atoms with van der Waals surface area (Å²) in [4.78, 5) is 40.0. The van der Waals surface area contributed by atoms with E-state index in [1.807, 2.05) is 49.9 Å². The highest BCUT2D eigenvalue weighted by Crippen LogP contribution is 2.20. The van der Waals surface area contributed by atoms with Gasteiger partial charge >= 0.3 is 0 Å². The van der Waals surface area contributed by atoms with Crippen LogP contribution in [0.3, 0.4) is 0 Å². The lowest BCUT2D eigenvalue weighted by molar-refractivity contribution is -0.138. The van der Waals surface area contributed by atoms with Gasteiger partial charge in [-0.25, -0.2) is 0 Å². The molecule has 3 rings (SSSR count). The van der Waals surface area contributed by atoms with Gasteiger partial charge in [-0.2, -0.15) is 0 Å². The van der Waals surface area contributed by atoms with Gasteiger partial charge in [-0.1, -0.05) is 43.7 Å². The van der Waals surface area contributed by atoms with Crippen LogP contribution < -0.4 is 16.0 Å². The Kier molecular flexibility index (Phi) is 9.97. The van der Waals surface area contributed by atoms with Gasteiger partial charge in [0.1, 0.15) is 6.04 Å². The molecule has 8 heteroatoms. The van der Waals surface area contributed by atoms with Crippen LogP contribution in [0.15, 0.2) is 24.3 Å². The van der Waals surface area contributed by atoms with Gasteiger partial charge in [0.2, 0.25) is 17.7 Å². The number of nitrogens with zero attached hydrogens (tertiary/aromatic N) is 1. The minimum atomic E-state index is -0.569. The number of aryl methyl sites for hydroxylation is 1. The molecule has 2 atom stereocenters. The van der Waals surface area contributed by atoms with Crippen molar-refractivity contribution in [3.05, 3.63) is 35.4 Å². The van der Waals surface area contributed by atoms with E-state index in [2.05, 4.69) is 16.0 Å². The van der Waals surface area contributed by atoms with E-state index >= 15 is 0 Å². The van der Waals surface area contributed by atoms with Crippen LogP contribution in [0.4, 0.5) is 0 Å². The van der Waals surface area contributed by atoms with Gasteiger partial charge in [-0.3, -0.25) is 14.4 Å². The summed E-state index contributed by atoms with van der Waals surface area (Å²) in [6.07, 6.45) is 3.21. The Morgan fingerprint density at radius 3 is 2.31 bits per heavy atom. The summed E-state index contributed by atoms with van der Waals surface area (Å²) in [6, 6.07) is 7.39. The SMILES string of the molecule is Cc1ccc(CNC(=O)[C@@H](NC(=O)C2CCN(C(=O)[C@@H]3CCCN3)CC2)C(C)C)cc1.Cl. The normalized spacial score (nSPS) is 19.9. The van der Waals surface area contributed by atoms with E-state index in [1.54, 1.807) is 0 Å². The fraction of sp³-hybridized carbons (Fsp3) is 0.625. The van der Waals surface area contributed by atoms with Crippen LogP contribution in [-0.2, 0) is 20.9 Å². The highest BCUT2D eigenvalue weighted by Gasteiger charge is 2.33. The van der Waals surface area contributed by atoms with Gasteiger partial charge in [0, 0.05) is 25.6 Å². The third-order valence-corrected chi connectivity index (χ3v) is 6.37. The molecule has 2 aliphatic rings. The Labute approximate surface area is 197 Å². The zero-order valence-electron chi connectivity index (χ0n) is 19.4. The molecule has 2 heterocycles. The van der Waals surface area contributed by atoms with E-state index < -0.39 is 6.04 Å². The Morgan fingerprint density at radius 1 is 1.09 bits per heavy atom. The first-order chi connectivity index (χ1) is 14.8. The average Bonchev–Trinajstić information content (AvgIpc) is 3.31. The van der Waals surface area contributed by atoms with E-state index in [4.69, 9.17) is 0 Å². The van der Waals surface area contributed by atoms with Crippen molar-refractivity contribution in [2.75, 3.05) is 19.6 Å². The van der Waals surface area contributed by atoms with E-state index in [-0.39, 0.29) is 48.0 Å². The lowest BCUT2D eigenvalue weighted by Crippen LogP contribution is -2.53. The van der Waals surface area contributed by atoms with Crippen LogP contribution in [0.25, 0.3) is 0 Å². The maximum Gasteiger partial charge on any atom is 0.243 e. The van der Waals surface area contributed by atoms with Gasteiger partial charge in [0.25, 0.3) is 0 Å². The summed E-state index contributed by atoms with van der Waals surface area (Å²) in [5, 5.41) is 9.16. The second-order valence-electron chi connectivity index (χ2n) is 9.18. The van der Waals surface area contributed by atoms with Crippen LogP contribution >= 0.6 is 12.4 Å². The molecule has 0 bridgehead atoms. The van der Waals surface area contributed by atoms with Crippen molar-refractivity contribution in [3.8, 4) is 0 Å². The van der Waals surface area contributed by atoms with Crippen molar-refractivity contribution >= 4 is 30.1 Å². The third-order valence-electron chi connectivity index (χ3n) is 6.37. The second kappa shape index (κ2) is 12.2. The number of carbonyl (C=O) groups is 3. The standard InChI is InChI=1S/C24H36N4O3.ClH/c1-16(2)21(23(30)26-15-18-8-6-17(3)7-9-18)27-22(29)19-10-13-28(14-11-19)24(31)20-5-4-12-25-20;/h6-9,16,19-21,25H,4-5,10-15H2,1-3H3,(H,26,30)(H,27,29);1H/t20-,21-;/m0./s1. The fourth-order valence-electron chi connectivity index (χ4n) is 4.29. The molecule has 0 unspecified atom stereocenters. The molecule has 7 nitrogen and oxygen atoms in total. The molecule has 1 aromatic carbocycles. The van der Waals surface area contributed by atoms with Crippen molar-refractivity contribution in [3.63, 3.8) is 0 Å². The first-order valence-corrected chi connectivity index (χ1v) is 11.5. The zero-order valence-corrected chi connectivity index (χ0v) is 20.2. The molecule has 0 spiro atoms. The molecule has 2 aliphatic heterocycles. The summed E-state index contributed by atoms with van der Waals surface area (Å²) >= 11 is 0. The Hall–Kier alpha value is -2.12. The first-order valence-electron chi connectivity index (χ1n) is 11.5. The monoisotopic (exact) mass is 464 g/mol. The smallest absolute Gasteiger partial charge is 0.243 e. The van der Waals surface area contributed by atoms with Gasteiger partial charge in [0.05, 0.1) is 6.04 Å². The number of hydrogen-bond acceptors (Lipinski definition) is 4. The molecule has 2 saturated heterocycles. The molecule has 3 N–H and O–H groups in total. The van der Waals surface area contributed by atoms with Gasteiger partial charge in [0.15, 0.2) is 0 Å². The predicted octanol–water partition coefficient (Wildman–Crippen LogP) is 2.16.